The van der Waals surface area contributed by atoms with Crippen molar-refractivity contribution in [3.8, 4) is 0 Å². The van der Waals surface area contributed by atoms with Crippen molar-refractivity contribution in [3.05, 3.63) is 11.6 Å². The molecule has 0 radical (unpaired) electrons. The predicted molar refractivity (Wildman–Crippen MR) is 120 cm³/mol. The van der Waals surface area contributed by atoms with Crippen LogP contribution in [0.15, 0.2) is 11.6 Å². The minimum absolute atomic E-state index is 0.105. The number of fused-ring (bicyclic) bond motifs is 5. The highest BCUT2D eigenvalue weighted by Crippen LogP contribution is 2.67. The van der Waals surface area contributed by atoms with E-state index in [1.807, 2.05) is 0 Å². The van der Waals surface area contributed by atoms with E-state index in [9.17, 15) is 10.2 Å². The molecule has 2 nitrogen and oxygen atoms in total. The van der Waals surface area contributed by atoms with E-state index in [0.29, 0.717) is 23.4 Å². The van der Waals surface area contributed by atoms with Gasteiger partial charge in [-0.25, -0.2) is 0 Å². The van der Waals surface area contributed by atoms with Crippen LogP contribution in [-0.2, 0) is 0 Å². The van der Waals surface area contributed by atoms with Gasteiger partial charge >= 0.3 is 0 Å². The first-order valence-corrected chi connectivity index (χ1v) is 12.8. The third-order valence-corrected chi connectivity index (χ3v) is 10.3. The molecular weight excluding hydrogens is 356 g/mol. The average Bonchev–Trinajstić information content (AvgIpc) is 3.03. The Kier molecular flexibility index (Phi) is 6.26. The van der Waals surface area contributed by atoms with Crippen molar-refractivity contribution in [1.29, 1.82) is 0 Å². The van der Waals surface area contributed by atoms with Crippen LogP contribution in [0.2, 0.25) is 0 Å². The molecule has 3 saturated carbocycles. The predicted octanol–water partition coefficient (Wildman–Crippen LogP) is 6.36. The van der Waals surface area contributed by atoms with E-state index in [-0.39, 0.29) is 6.10 Å². The van der Waals surface area contributed by atoms with Crippen LogP contribution < -0.4 is 0 Å². The van der Waals surface area contributed by atoms with E-state index in [0.717, 1.165) is 42.4 Å². The number of hydrogen-bond donors (Lipinski definition) is 2. The summed E-state index contributed by atoms with van der Waals surface area (Å²) >= 11 is 0. The number of allylic oxidation sites excluding steroid dienone is 1. The number of rotatable bonds is 6. The zero-order valence-corrected chi connectivity index (χ0v) is 19.5. The molecule has 4 aliphatic carbocycles. The van der Waals surface area contributed by atoms with Crippen molar-refractivity contribution in [2.24, 2.45) is 46.3 Å². The maximum Gasteiger partial charge on any atom is 0.0577 e. The lowest BCUT2D eigenvalue weighted by atomic mass is 9.47. The SMILES string of the molecule is CC(C)CCC[C@@H](CO)[C@H]1CCC2C3CC=C4C[C@@H](O)CC[C@]4(C)C3CC[C@@]21C. The molecule has 3 unspecified atom stereocenters. The van der Waals surface area contributed by atoms with Crippen LogP contribution in [0.1, 0.15) is 98.3 Å². The fraction of sp³-hybridized carbons (Fsp3) is 0.926. The summed E-state index contributed by atoms with van der Waals surface area (Å²) in [6, 6.07) is 0. The van der Waals surface area contributed by atoms with E-state index in [1.165, 1.54) is 57.8 Å². The normalized spacial score (nSPS) is 45.3. The summed E-state index contributed by atoms with van der Waals surface area (Å²) in [6.45, 7) is 10.1. The van der Waals surface area contributed by atoms with Crippen LogP contribution in [0.25, 0.3) is 0 Å². The second kappa shape index (κ2) is 8.30. The Bertz CT molecular complexity index is 610. The lowest BCUT2D eigenvalue weighted by Crippen LogP contribution is -2.51. The Hall–Kier alpha value is -0.340. The van der Waals surface area contributed by atoms with Gasteiger partial charge in [0.2, 0.25) is 0 Å². The Balaban J connectivity index is 1.51. The van der Waals surface area contributed by atoms with Gasteiger partial charge in [-0.15, -0.1) is 0 Å². The van der Waals surface area contributed by atoms with Crippen LogP contribution in [-0.4, -0.2) is 22.9 Å². The molecule has 0 heterocycles. The maximum atomic E-state index is 10.3. The standard InChI is InChI=1S/C27H46O2/c1-18(2)6-5-7-19(17-28)23-10-11-24-22-9-8-20-16-21(29)12-14-26(20,3)25(22)13-15-27(23,24)4/h8,18-19,21-25,28-29H,5-7,9-17H2,1-4H3/t19-,21-,22?,23+,24?,25?,26-,27+/m0/s1. The Morgan fingerprint density at radius 1 is 1.03 bits per heavy atom. The fourth-order valence-electron chi connectivity index (χ4n) is 8.66. The molecule has 0 amide bonds. The molecule has 0 aliphatic heterocycles. The van der Waals surface area contributed by atoms with Gasteiger partial charge in [0.1, 0.15) is 0 Å². The van der Waals surface area contributed by atoms with E-state index < -0.39 is 0 Å². The molecule has 2 heteroatoms. The quantitative estimate of drug-likeness (QED) is 0.507. The molecule has 4 aliphatic rings. The minimum atomic E-state index is -0.105. The molecule has 29 heavy (non-hydrogen) atoms. The molecule has 0 aromatic heterocycles. The summed E-state index contributed by atoms with van der Waals surface area (Å²) in [5, 5.41) is 20.5. The van der Waals surface area contributed by atoms with Crippen molar-refractivity contribution < 1.29 is 10.2 Å². The van der Waals surface area contributed by atoms with E-state index in [2.05, 4.69) is 33.8 Å². The Morgan fingerprint density at radius 3 is 2.55 bits per heavy atom. The molecule has 2 N–H and O–H groups in total. The van der Waals surface area contributed by atoms with Crippen LogP contribution >= 0.6 is 0 Å². The molecule has 166 valence electrons. The first kappa shape index (κ1) is 21.9. The number of aliphatic hydroxyl groups excluding tert-OH is 2. The topological polar surface area (TPSA) is 40.5 Å². The van der Waals surface area contributed by atoms with Gasteiger partial charge < -0.3 is 10.2 Å². The van der Waals surface area contributed by atoms with Crippen LogP contribution in [0, 0.1) is 46.3 Å². The molecule has 0 aromatic rings. The van der Waals surface area contributed by atoms with Gasteiger partial charge in [0, 0.05) is 6.61 Å². The molecule has 3 fully saturated rings. The summed E-state index contributed by atoms with van der Waals surface area (Å²) in [7, 11) is 0. The Morgan fingerprint density at radius 2 is 1.83 bits per heavy atom. The molecule has 0 saturated heterocycles. The van der Waals surface area contributed by atoms with Crippen molar-refractivity contribution in [3.63, 3.8) is 0 Å². The monoisotopic (exact) mass is 402 g/mol. The smallest absolute Gasteiger partial charge is 0.0577 e. The van der Waals surface area contributed by atoms with Gasteiger partial charge in [0.05, 0.1) is 6.10 Å². The molecule has 8 atom stereocenters. The Labute approximate surface area is 179 Å². The highest BCUT2D eigenvalue weighted by atomic mass is 16.3. The van der Waals surface area contributed by atoms with Gasteiger partial charge in [-0.2, -0.15) is 0 Å². The van der Waals surface area contributed by atoms with Gasteiger partial charge in [-0.3, -0.25) is 0 Å². The van der Waals surface area contributed by atoms with Crippen molar-refractivity contribution >= 4 is 0 Å². The minimum Gasteiger partial charge on any atom is -0.396 e. The number of aliphatic hydroxyl groups is 2. The van der Waals surface area contributed by atoms with Gasteiger partial charge in [0.15, 0.2) is 0 Å². The summed E-state index contributed by atoms with van der Waals surface area (Å²) in [6.07, 6.45) is 16.0. The van der Waals surface area contributed by atoms with Gasteiger partial charge in [0.25, 0.3) is 0 Å². The summed E-state index contributed by atoms with van der Waals surface area (Å²) in [5.74, 6) is 4.49. The lowest BCUT2D eigenvalue weighted by molar-refractivity contribution is -0.0623. The lowest BCUT2D eigenvalue weighted by Gasteiger charge is -2.58. The highest BCUT2D eigenvalue weighted by molar-refractivity contribution is 5.25. The molecule has 0 bridgehead atoms. The van der Waals surface area contributed by atoms with Gasteiger partial charge in [-0.1, -0.05) is 52.2 Å². The van der Waals surface area contributed by atoms with Crippen molar-refractivity contribution in [2.45, 2.75) is 104 Å². The zero-order valence-electron chi connectivity index (χ0n) is 19.5. The molecule has 0 aromatic carbocycles. The van der Waals surface area contributed by atoms with Crippen LogP contribution in [0.4, 0.5) is 0 Å². The molecule has 0 spiro atoms. The second-order valence-corrected chi connectivity index (χ2v) is 12.2. The first-order chi connectivity index (χ1) is 13.8. The van der Waals surface area contributed by atoms with Crippen molar-refractivity contribution in [2.75, 3.05) is 6.61 Å². The first-order valence-electron chi connectivity index (χ1n) is 12.8. The van der Waals surface area contributed by atoms with Crippen molar-refractivity contribution in [1.82, 2.24) is 0 Å². The van der Waals surface area contributed by atoms with E-state index >= 15 is 0 Å². The van der Waals surface area contributed by atoms with E-state index in [4.69, 9.17) is 0 Å². The summed E-state index contributed by atoms with van der Waals surface area (Å²) in [5.41, 5.74) is 2.36. The molecule has 4 rings (SSSR count). The molecular formula is C27H46O2. The number of hydrogen-bond acceptors (Lipinski definition) is 2. The third kappa shape index (κ3) is 3.75. The van der Waals surface area contributed by atoms with E-state index in [1.54, 1.807) is 5.57 Å². The largest absolute Gasteiger partial charge is 0.396 e. The highest BCUT2D eigenvalue weighted by Gasteiger charge is 2.59. The third-order valence-electron chi connectivity index (χ3n) is 10.3. The van der Waals surface area contributed by atoms with Crippen LogP contribution in [0.5, 0.6) is 0 Å². The second-order valence-electron chi connectivity index (χ2n) is 12.2. The maximum absolute atomic E-state index is 10.3. The summed E-state index contributed by atoms with van der Waals surface area (Å²) < 4.78 is 0. The zero-order chi connectivity index (χ0) is 20.8. The fourth-order valence-corrected chi connectivity index (χ4v) is 8.66. The van der Waals surface area contributed by atoms with Crippen LogP contribution in [0.3, 0.4) is 0 Å². The van der Waals surface area contributed by atoms with Gasteiger partial charge in [-0.05, 0) is 104 Å². The summed E-state index contributed by atoms with van der Waals surface area (Å²) in [4.78, 5) is 0. The average molecular weight is 403 g/mol.